The van der Waals surface area contributed by atoms with Crippen LogP contribution in [-0.4, -0.2) is 51.4 Å². The molecular weight excluding hydrogens is 522 g/mol. The molecule has 0 spiro atoms. The molecule has 4 aromatic rings. The quantitative estimate of drug-likeness (QED) is 0.241. The summed E-state index contributed by atoms with van der Waals surface area (Å²) in [6.45, 7) is 2.73. The van der Waals surface area contributed by atoms with Gasteiger partial charge in [-0.3, -0.25) is 9.69 Å². The first-order valence-corrected chi connectivity index (χ1v) is 14.5. The van der Waals surface area contributed by atoms with Crippen LogP contribution in [0.5, 0.6) is 11.5 Å². The van der Waals surface area contributed by atoms with E-state index in [-0.39, 0.29) is 17.3 Å². The molecule has 1 amide bonds. The molecule has 0 atom stereocenters. The van der Waals surface area contributed by atoms with Crippen LogP contribution in [-0.2, 0) is 16.6 Å². The van der Waals surface area contributed by atoms with Crippen LogP contribution in [0.3, 0.4) is 0 Å². The minimum atomic E-state index is -3.64. The number of thiazole rings is 1. The predicted molar refractivity (Wildman–Crippen MR) is 151 cm³/mol. The summed E-state index contributed by atoms with van der Waals surface area (Å²) in [7, 11) is 1.09. The molecule has 1 heterocycles. The molecule has 0 unspecified atom stereocenters. The Kier molecular flexibility index (Phi) is 8.65. The van der Waals surface area contributed by atoms with Crippen molar-refractivity contribution in [2.45, 2.75) is 31.2 Å². The zero-order valence-electron chi connectivity index (χ0n) is 21.9. The second-order valence-corrected chi connectivity index (χ2v) is 11.7. The number of hydrogen-bond acceptors (Lipinski definition) is 7. The van der Waals surface area contributed by atoms with Gasteiger partial charge in [-0.05, 0) is 48.4 Å². The number of sulfonamides is 1. The third-order valence-corrected chi connectivity index (χ3v) is 9.16. The molecule has 0 aliphatic carbocycles. The molecule has 0 saturated carbocycles. The van der Waals surface area contributed by atoms with Gasteiger partial charge in [0.1, 0.15) is 21.7 Å². The zero-order valence-corrected chi connectivity index (χ0v) is 23.5. The van der Waals surface area contributed by atoms with Gasteiger partial charge in [0.25, 0.3) is 5.91 Å². The molecule has 1 aromatic heterocycles. The van der Waals surface area contributed by atoms with E-state index in [9.17, 15) is 13.2 Å². The average molecular weight is 554 g/mol. The maximum atomic E-state index is 13.8. The maximum Gasteiger partial charge on any atom is 0.260 e. The predicted octanol–water partition coefficient (Wildman–Crippen LogP) is 5.58. The first kappa shape index (κ1) is 27.6. The number of carbonyl (C=O) groups is 1. The number of benzene rings is 3. The van der Waals surface area contributed by atoms with E-state index in [1.165, 1.54) is 27.8 Å². The highest BCUT2D eigenvalue weighted by atomic mass is 32.2. The topological polar surface area (TPSA) is 89.0 Å². The van der Waals surface area contributed by atoms with Gasteiger partial charge in [-0.15, -0.1) is 0 Å². The molecule has 8 nitrogen and oxygen atoms in total. The number of anilines is 1. The molecule has 38 heavy (non-hydrogen) atoms. The van der Waals surface area contributed by atoms with Crippen molar-refractivity contribution in [3.8, 4) is 11.5 Å². The fourth-order valence-electron chi connectivity index (χ4n) is 3.99. The number of nitrogens with zero attached hydrogens (tertiary/aromatic N) is 3. The van der Waals surface area contributed by atoms with E-state index in [0.717, 1.165) is 23.1 Å². The normalized spacial score (nSPS) is 11.6. The van der Waals surface area contributed by atoms with Gasteiger partial charge < -0.3 is 9.47 Å². The van der Waals surface area contributed by atoms with E-state index in [4.69, 9.17) is 14.5 Å². The highest BCUT2D eigenvalue weighted by Crippen LogP contribution is 2.40. The van der Waals surface area contributed by atoms with Crippen LogP contribution in [0.4, 0.5) is 5.13 Å². The largest absolute Gasteiger partial charge is 0.495 e. The van der Waals surface area contributed by atoms with E-state index in [0.29, 0.717) is 34.3 Å². The van der Waals surface area contributed by atoms with Gasteiger partial charge in [0, 0.05) is 19.2 Å². The fraction of sp³-hybridized carbons (Fsp3) is 0.286. The number of aromatic nitrogens is 1. The average Bonchev–Trinajstić information content (AvgIpc) is 3.39. The summed E-state index contributed by atoms with van der Waals surface area (Å²) in [4.78, 5) is 20.3. The lowest BCUT2D eigenvalue weighted by molar-refractivity contribution is 0.0985. The van der Waals surface area contributed by atoms with Crippen LogP contribution in [0, 0.1) is 0 Å². The number of hydrogen-bond donors (Lipinski definition) is 0. The Hall–Kier alpha value is -3.47. The molecule has 0 N–H and O–H groups in total. The summed E-state index contributed by atoms with van der Waals surface area (Å²) in [5, 5.41) is 0.479. The van der Waals surface area contributed by atoms with Gasteiger partial charge in [-0.1, -0.05) is 55.0 Å². The van der Waals surface area contributed by atoms with E-state index in [1.54, 1.807) is 44.4 Å². The lowest BCUT2D eigenvalue weighted by Gasteiger charge is -2.21. The Labute approximate surface area is 227 Å². The molecule has 0 radical (unpaired) electrons. The van der Waals surface area contributed by atoms with Crippen molar-refractivity contribution >= 4 is 42.6 Å². The molecule has 0 bridgehead atoms. The van der Waals surface area contributed by atoms with Crippen LogP contribution < -0.4 is 14.4 Å². The Bertz CT molecular complexity index is 1460. The maximum absolute atomic E-state index is 13.8. The van der Waals surface area contributed by atoms with Gasteiger partial charge in [0.05, 0.1) is 25.7 Å². The van der Waals surface area contributed by atoms with E-state index in [2.05, 4.69) is 0 Å². The Morgan fingerprint density at radius 1 is 0.947 bits per heavy atom. The van der Waals surface area contributed by atoms with Gasteiger partial charge in [0.2, 0.25) is 10.0 Å². The number of carbonyl (C=O) groups excluding carboxylic acids is 1. The third-order valence-electron chi connectivity index (χ3n) is 6.19. The number of methoxy groups -OCH3 is 2. The van der Waals surface area contributed by atoms with Crippen LogP contribution in [0.2, 0.25) is 0 Å². The van der Waals surface area contributed by atoms with E-state index in [1.807, 2.05) is 43.3 Å². The van der Waals surface area contributed by atoms with E-state index < -0.39 is 10.0 Å². The number of rotatable bonds is 11. The minimum absolute atomic E-state index is 0.150. The van der Waals surface area contributed by atoms with Crippen molar-refractivity contribution in [3.63, 3.8) is 0 Å². The third kappa shape index (κ3) is 5.67. The van der Waals surface area contributed by atoms with Crippen LogP contribution in [0.1, 0.15) is 35.7 Å². The Balaban J connectivity index is 1.72. The molecule has 4 rings (SSSR count). The smallest absolute Gasteiger partial charge is 0.260 e. The highest BCUT2D eigenvalue weighted by Gasteiger charge is 2.25. The van der Waals surface area contributed by atoms with Crippen LogP contribution in [0.15, 0.2) is 71.6 Å². The van der Waals surface area contributed by atoms with Gasteiger partial charge >= 0.3 is 0 Å². The lowest BCUT2D eigenvalue weighted by Crippen LogP contribution is -2.30. The molecule has 0 fully saturated rings. The molecular formula is C28H31N3O5S2. The summed E-state index contributed by atoms with van der Waals surface area (Å²) in [6.07, 6.45) is 1.67. The Morgan fingerprint density at radius 2 is 1.61 bits per heavy atom. The van der Waals surface area contributed by atoms with Gasteiger partial charge in [-0.2, -0.15) is 0 Å². The molecule has 3 aromatic carbocycles. The fourth-order valence-corrected chi connectivity index (χ4v) is 6.27. The SMILES string of the molecule is CCCCN(C)S(=O)(=O)c1ccc(C(=O)N(Cc2ccccc2)c2nc3c(OC)ccc(OC)c3s2)cc1. The van der Waals surface area contributed by atoms with Gasteiger partial charge in [0.15, 0.2) is 5.13 Å². The minimum Gasteiger partial charge on any atom is -0.495 e. The molecule has 10 heteroatoms. The second-order valence-electron chi connectivity index (χ2n) is 8.73. The summed E-state index contributed by atoms with van der Waals surface area (Å²) < 4.78 is 39.0. The van der Waals surface area contributed by atoms with Crippen LogP contribution >= 0.6 is 11.3 Å². The van der Waals surface area contributed by atoms with Crippen molar-refractivity contribution in [1.29, 1.82) is 0 Å². The van der Waals surface area contributed by atoms with Crippen molar-refractivity contribution in [3.05, 3.63) is 77.9 Å². The summed E-state index contributed by atoms with van der Waals surface area (Å²) in [5.41, 5.74) is 1.89. The molecule has 0 saturated heterocycles. The molecule has 0 aliphatic heterocycles. The standard InChI is InChI=1S/C28H31N3O5S2/c1-5-6-18-30(2)38(33,34)22-14-12-21(13-15-22)27(32)31(19-20-10-8-7-9-11-20)28-29-25-23(35-3)16-17-24(36-4)26(25)37-28/h7-17H,5-6,18-19H2,1-4H3. The number of unbranched alkanes of at least 4 members (excludes halogenated alkanes) is 1. The second kappa shape index (κ2) is 11.9. The molecule has 200 valence electrons. The van der Waals surface area contributed by atoms with Crippen molar-refractivity contribution in [2.24, 2.45) is 0 Å². The lowest BCUT2D eigenvalue weighted by atomic mass is 10.1. The monoisotopic (exact) mass is 553 g/mol. The first-order chi connectivity index (χ1) is 18.3. The Morgan fingerprint density at radius 3 is 2.24 bits per heavy atom. The van der Waals surface area contributed by atoms with Gasteiger partial charge in [-0.25, -0.2) is 17.7 Å². The number of amides is 1. The van der Waals surface area contributed by atoms with Crippen molar-refractivity contribution in [1.82, 2.24) is 9.29 Å². The van der Waals surface area contributed by atoms with Crippen molar-refractivity contribution in [2.75, 3.05) is 32.7 Å². The number of fused-ring (bicyclic) bond motifs is 1. The summed E-state index contributed by atoms with van der Waals surface area (Å²) >= 11 is 1.33. The first-order valence-electron chi connectivity index (χ1n) is 12.2. The van der Waals surface area contributed by atoms with Crippen molar-refractivity contribution < 1.29 is 22.7 Å². The zero-order chi connectivity index (χ0) is 27.3. The summed E-state index contributed by atoms with van der Waals surface area (Å²) in [5.74, 6) is 0.921. The highest BCUT2D eigenvalue weighted by molar-refractivity contribution is 7.89. The summed E-state index contributed by atoms with van der Waals surface area (Å²) in [6, 6.07) is 19.3. The number of ether oxygens (including phenoxy) is 2. The molecule has 0 aliphatic rings. The van der Waals surface area contributed by atoms with E-state index >= 15 is 0 Å². The van der Waals surface area contributed by atoms with Crippen LogP contribution in [0.25, 0.3) is 10.2 Å².